The fourth-order valence-corrected chi connectivity index (χ4v) is 3.18. The third-order valence-electron chi connectivity index (χ3n) is 2.57. The molecular weight excluding hydrogens is 322 g/mol. The van der Waals surface area contributed by atoms with Crippen molar-refractivity contribution in [2.45, 2.75) is 33.2 Å². The Morgan fingerprint density at radius 3 is 2.65 bits per heavy atom. The number of hydrogen-bond acceptors (Lipinski definition) is 2. The number of nitrogens with one attached hydrogen (secondary N) is 1. The molecule has 0 saturated carbocycles. The fraction of sp³-hybridized carbons (Fsp3) is 0.583. The third kappa shape index (κ3) is 4.27. The van der Waals surface area contributed by atoms with E-state index in [0.717, 1.165) is 10.9 Å². The van der Waals surface area contributed by atoms with Gasteiger partial charge < -0.3 is 5.32 Å². The van der Waals surface area contributed by atoms with E-state index in [4.69, 9.17) is 11.6 Å². The number of alkyl halides is 1. The standard InChI is InChI=1S/C12H17BrClNOS/c1-12(2,3)9(4-6-14)15-11(16)10-8(13)5-7-17-10/h5,7,9H,4,6H2,1-3H3,(H,15,16). The van der Waals surface area contributed by atoms with Gasteiger partial charge in [-0.3, -0.25) is 4.79 Å². The van der Waals surface area contributed by atoms with Gasteiger partial charge in [0.1, 0.15) is 4.88 Å². The van der Waals surface area contributed by atoms with Gasteiger partial charge in [0.15, 0.2) is 0 Å². The van der Waals surface area contributed by atoms with E-state index < -0.39 is 0 Å². The number of carbonyl (C=O) groups is 1. The van der Waals surface area contributed by atoms with Crippen molar-refractivity contribution in [2.24, 2.45) is 5.41 Å². The van der Waals surface area contributed by atoms with Crippen molar-refractivity contribution < 1.29 is 4.79 Å². The number of halogens is 2. The lowest BCUT2D eigenvalue weighted by molar-refractivity contribution is 0.0904. The van der Waals surface area contributed by atoms with Crippen molar-refractivity contribution >= 4 is 44.8 Å². The molecule has 0 aliphatic heterocycles. The zero-order valence-electron chi connectivity index (χ0n) is 10.2. The van der Waals surface area contributed by atoms with Crippen LogP contribution in [0.5, 0.6) is 0 Å². The summed E-state index contributed by atoms with van der Waals surface area (Å²) in [6.45, 7) is 6.32. The zero-order chi connectivity index (χ0) is 13.1. The van der Waals surface area contributed by atoms with E-state index in [2.05, 4.69) is 42.0 Å². The molecule has 0 spiro atoms. The lowest BCUT2D eigenvalue weighted by Crippen LogP contribution is -2.43. The van der Waals surface area contributed by atoms with Gasteiger partial charge in [0, 0.05) is 16.4 Å². The highest BCUT2D eigenvalue weighted by Crippen LogP contribution is 2.26. The zero-order valence-corrected chi connectivity index (χ0v) is 13.4. The highest BCUT2D eigenvalue weighted by Gasteiger charge is 2.26. The SMILES string of the molecule is CC(C)(C)C(CCCl)NC(=O)c1sccc1Br. The summed E-state index contributed by atoms with van der Waals surface area (Å²) in [5.74, 6) is 0.519. The van der Waals surface area contributed by atoms with Crippen molar-refractivity contribution in [1.29, 1.82) is 0 Å². The Bertz CT molecular complexity index is 386. The first-order chi connectivity index (χ1) is 7.86. The first-order valence-corrected chi connectivity index (χ1v) is 7.66. The molecular formula is C12H17BrClNOS. The second-order valence-corrected chi connectivity index (χ2v) is 7.12. The maximum Gasteiger partial charge on any atom is 0.262 e. The Labute approximate surface area is 120 Å². The minimum Gasteiger partial charge on any atom is -0.348 e. The van der Waals surface area contributed by atoms with E-state index in [0.29, 0.717) is 10.8 Å². The van der Waals surface area contributed by atoms with Crippen molar-refractivity contribution in [1.82, 2.24) is 5.32 Å². The topological polar surface area (TPSA) is 29.1 Å². The highest BCUT2D eigenvalue weighted by atomic mass is 79.9. The Hall–Kier alpha value is -0.0600. The van der Waals surface area contributed by atoms with E-state index in [1.54, 1.807) is 0 Å². The van der Waals surface area contributed by atoms with Gasteiger partial charge in [-0.25, -0.2) is 0 Å². The average molecular weight is 339 g/mol. The van der Waals surface area contributed by atoms with Crippen molar-refractivity contribution in [3.8, 4) is 0 Å². The number of hydrogen-bond donors (Lipinski definition) is 1. The van der Waals surface area contributed by atoms with Crippen LogP contribution in [0.3, 0.4) is 0 Å². The molecule has 1 aromatic heterocycles. The first-order valence-electron chi connectivity index (χ1n) is 5.46. The smallest absolute Gasteiger partial charge is 0.262 e. The largest absolute Gasteiger partial charge is 0.348 e. The molecule has 0 aromatic carbocycles. The van der Waals surface area contributed by atoms with Crippen molar-refractivity contribution in [2.75, 3.05) is 5.88 Å². The van der Waals surface area contributed by atoms with Gasteiger partial charge in [0.25, 0.3) is 5.91 Å². The van der Waals surface area contributed by atoms with Crippen LogP contribution in [-0.2, 0) is 0 Å². The van der Waals surface area contributed by atoms with E-state index >= 15 is 0 Å². The van der Waals surface area contributed by atoms with Gasteiger partial charge >= 0.3 is 0 Å². The van der Waals surface area contributed by atoms with Crippen LogP contribution >= 0.6 is 38.9 Å². The van der Waals surface area contributed by atoms with E-state index in [-0.39, 0.29) is 17.4 Å². The summed E-state index contributed by atoms with van der Waals surface area (Å²) in [5.41, 5.74) is 0.00822. The van der Waals surface area contributed by atoms with Gasteiger partial charge in [-0.1, -0.05) is 20.8 Å². The second-order valence-electron chi connectivity index (χ2n) is 4.97. The number of amides is 1. The Morgan fingerprint density at radius 1 is 1.59 bits per heavy atom. The second kappa shape index (κ2) is 6.21. The van der Waals surface area contributed by atoms with Crippen LogP contribution in [0.15, 0.2) is 15.9 Å². The van der Waals surface area contributed by atoms with Crippen LogP contribution in [0.1, 0.15) is 36.9 Å². The molecule has 0 aliphatic rings. The van der Waals surface area contributed by atoms with Crippen LogP contribution in [0.2, 0.25) is 0 Å². The predicted octanol–water partition coefficient (Wildman–Crippen LogP) is 4.28. The van der Waals surface area contributed by atoms with Crippen molar-refractivity contribution in [3.05, 3.63) is 20.8 Å². The Kier molecular flexibility index (Phi) is 5.48. The molecule has 5 heteroatoms. The van der Waals surface area contributed by atoms with Gasteiger partial charge in [-0.2, -0.15) is 0 Å². The third-order valence-corrected chi connectivity index (χ3v) is 4.63. The summed E-state index contributed by atoms with van der Waals surface area (Å²) in [5, 5.41) is 4.95. The summed E-state index contributed by atoms with van der Waals surface area (Å²) in [6.07, 6.45) is 0.778. The van der Waals surface area contributed by atoms with E-state index in [1.165, 1.54) is 11.3 Å². The Balaban J connectivity index is 2.75. The quantitative estimate of drug-likeness (QED) is 0.816. The molecule has 0 fully saturated rings. The number of thiophene rings is 1. The van der Waals surface area contributed by atoms with Crippen LogP contribution in [0, 0.1) is 5.41 Å². The van der Waals surface area contributed by atoms with Gasteiger partial charge in [0.2, 0.25) is 0 Å². The molecule has 0 saturated heterocycles. The van der Waals surface area contributed by atoms with Crippen LogP contribution in [-0.4, -0.2) is 17.8 Å². The summed E-state index contributed by atoms with van der Waals surface area (Å²) in [4.78, 5) is 12.8. The van der Waals surface area contributed by atoms with E-state index in [9.17, 15) is 4.79 Å². The molecule has 0 bridgehead atoms. The summed E-state index contributed by atoms with van der Waals surface area (Å²) in [6, 6.07) is 1.97. The predicted molar refractivity (Wildman–Crippen MR) is 78.1 cm³/mol. The molecule has 96 valence electrons. The van der Waals surface area contributed by atoms with Crippen molar-refractivity contribution in [3.63, 3.8) is 0 Å². The number of carbonyl (C=O) groups excluding carboxylic acids is 1. The lowest BCUT2D eigenvalue weighted by atomic mass is 9.85. The molecule has 1 atom stereocenters. The maximum atomic E-state index is 12.1. The highest BCUT2D eigenvalue weighted by molar-refractivity contribution is 9.10. The lowest BCUT2D eigenvalue weighted by Gasteiger charge is -2.31. The Morgan fingerprint density at radius 2 is 2.24 bits per heavy atom. The molecule has 1 amide bonds. The van der Waals surface area contributed by atoms with Gasteiger partial charge in [0.05, 0.1) is 0 Å². The minimum absolute atomic E-state index is 0.00822. The summed E-state index contributed by atoms with van der Waals surface area (Å²) >= 11 is 10.6. The molecule has 1 aromatic rings. The summed E-state index contributed by atoms with van der Waals surface area (Å²) < 4.78 is 0.846. The maximum absolute atomic E-state index is 12.1. The monoisotopic (exact) mass is 337 g/mol. The minimum atomic E-state index is -0.0306. The molecule has 2 nitrogen and oxygen atoms in total. The molecule has 0 radical (unpaired) electrons. The van der Waals surface area contributed by atoms with Gasteiger partial charge in [-0.15, -0.1) is 22.9 Å². The normalized spacial score (nSPS) is 13.5. The number of rotatable bonds is 4. The first kappa shape index (κ1) is 15.0. The molecule has 1 unspecified atom stereocenters. The fourth-order valence-electron chi connectivity index (χ4n) is 1.51. The molecule has 0 aliphatic carbocycles. The molecule has 1 N–H and O–H groups in total. The summed E-state index contributed by atoms with van der Waals surface area (Å²) in [7, 11) is 0. The molecule has 17 heavy (non-hydrogen) atoms. The average Bonchev–Trinajstić information content (AvgIpc) is 2.62. The van der Waals surface area contributed by atoms with Gasteiger partial charge in [-0.05, 0) is 39.2 Å². The molecule has 1 rings (SSSR count). The molecule has 1 heterocycles. The van der Waals surface area contributed by atoms with Crippen LogP contribution in [0.4, 0.5) is 0 Å². The van der Waals surface area contributed by atoms with Crippen LogP contribution in [0.25, 0.3) is 0 Å². The van der Waals surface area contributed by atoms with E-state index in [1.807, 2.05) is 11.4 Å². The van der Waals surface area contributed by atoms with Crippen LogP contribution < -0.4 is 5.32 Å².